The molecular formula is C15H20FN3O. The second kappa shape index (κ2) is 7.05. The van der Waals surface area contributed by atoms with Crippen molar-refractivity contribution in [3.63, 3.8) is 0 Å². The second-order valence-corrected chi connectivity index (χ2v) is 4.58. The van der Waals surface area contributed by atoms with Gasteiger partial charge in [0, 0.05) is 24.0 Å². The standard InChI is InChI=1S/C15H20FN3O/c1-3-17-12(2)14-11-13(16)5-6-15(14)20-10-9-19-8-4-7-18-19/h4-8,11-12,17H,3,9-10H2,1-2H3. The van der Waals surface area contributed by atoms with Crippen molar-refractivity contribution in [2.75, 3.05) is 13.2 Å². The third-order valence-corrected chi connectivity index (χ3v) is 3.09. The Labute approximate surface area is 118 Å². The number of hydrogen-bond acceptors (Lipinski definition) is 3. The molecule has 0 radical (unpaired) electrons. The van der Waals surface area contributed by atoms with Crippen LogP contribution in [-0.4, -0.2) is 22.9 Å². The fourth-order valence-corrected chi connectivity index (χ4v) is 2.09. The normalized spacial score (nSPS) is 12.3. The van der Waals surface area contributed by atoms with Crippen LogP contribution in [0.25, 0.3) is 0 Å². The van der Waals surface area contributed by atoms with Crippen LogP contribution < -0.4 is 10.1 Å². The molecule has 0 aliphatic carbocycles. The molecular weight excluding hydrogens is 257 g/mol. The maximum absolute atomic E-state index is 13.4. The average molecular weight is 277 g/mol. The first-order chi connectivity index (χ1) is 9.70. The van der Waals surface area contributed by atoms with Crippen molar-refractivity contribution in [3.8, 4) is 5.75 Å². The van der Waals surface area contributed by atoms with Gasteiger partial charge in [0.05, 0.1) is 6.54 Å². The Balaban J connectivity index is 2.02. The van der Waals surface area contributed by atoms with E-state index < -0.39 is 0 Å². The van der Waals surface area contributed by atoms with Gasteiger partial charge in [0.25, 0.3) is 0 Å². The summed E-state index contributed by atoms with van der Waals surface area (Å²) in [4.78, 5) is 0. The molecule has 0 aliphatic heterocycles. The fourth-order valence-electron chi connectivity index (χ4n) is 2.09. The molecule has 0 bridgehead atoms. The number of nitrogens with one attached hydrogen (secondary N) is 1. The van der Waals surface area contributed by atoms with E-state index in [2.05, 4.69) is 10.4 Å². The van der Waals surface area contributed by atoms with E-state index in [9.17, 15) is 4.39 Å². The molecule has 1 N–H and O–H groups in total. The van der Waals surface area contributed by atoms with Crippen LogP contribution in [0.4, 0.5) is 4.39 Å². The minimum atomic E-state index is -0.246. The van der Waals surface area contributed by atoms with Gasteiger partial charge in [-0.15, -0.1) is 0 Å². The summed E-state index contributed by atoms with van der Waals surface area (Å²) in [5, 5.41) is 7.38. The predicted molar refractivity (Wildman–Crippen MR) is 76.2 cm³/mol. The highest BCUT2D eigenvalue weighted by Gasteiger charge is 2.12. The molecule has 108 valence electrons. The van der Waals surface area contributed by atoms with Crippen molar-refractivity contribution in [2.24, 2.45) is 0 Å². The number of halogens is 1. The summed E-state index contributed by atoms with van der Waals surface area (Å²) in [6.07, 6.45) is 3.62. The highest BCUT2D eigenvalue weighted by Crippen LogP contribution is 2.26. The van der Waals surface area contributed by atoms with Crippen LogP contribution in [0.15, 0.2) is 36.7 Å². The number of rotatable bonds is 7. The Morgan fingerprint density at radius 1 is 1.45 bits per heavy atom. The zero-order chi connectivity index (χ0) is 14.4. The monoisotopic (exact) mass is 277 g/mol. The van der Waals surface area contributed by atoms with Gasteiger partial charge in [-0.05, 0) is 37.7 Å². The first kappa shape index (κ1) is 14.5. The van der Waals surface area contributed by atoms with Crippen molar-refractivity contribution < 1.29 is 9.13 Å². The van der Waals surface area contributed by atoms with Gasteiger partial charge in [-0.2, -0.15) is 5.10 Å². The van der Waals surface area contributed by atoms with Gasteiger partial charge < -0.3 is 10.1 Å². The number of hydrogen-bond donors (Lipinski definition) is 1. The molecule has 0 spiro atoms. The van der Waals surface area contributed by atoms with Crippen LogP contribution in [0.1, 0.15) is 25.5 Å². The van der Waals surface area contributed by atoms with Crippen molar-refractivity contribution in [3.05, 3.63) is 48.0 Å². The van der Waals surface area contributed by atoms with Gasteiger partial charge in [0.1, 0.15) is 18.2 Å². The molecule has 20 heavy (non-hydrogen) atoms. The summed E-state index contributed by atoms with van der Waals surface area (Å²) in [6.45, 7) is 6.01. The van der Waals surface area contributed by atoms with Gasteiger partial charge in [-0.25, -0.2) is 4.39 Å². The molecule has 0 amide bonds. The molecule has 0 fully saturated rings. The van der Waals surface area contributed by atoms with Crippen molar-refractivity contribution in [1.29, 1.82) is 0 Å². The quantitative estimate of drug-likeness (QED) is 0.846. The van der Waals surface area contributed by atoms with E-state index in [4.69, 9.17) is 4.74 Å². The molecule has 0 saturated carbocycles. The van der Waals surface area contributed by atoms with Gasteiger partial charge in [-0.1, -0.05) is 6.92 Å². The number of ether oxygens (including phenoxy) is 1. The Kier molecular flexibility index (Phi) is 5.12. The lowest BCUT2D eigenvalue weighted by molar-refractivity contribution is 0.285. The van der Waals surface area contributed by atoms with E-state index in [1.54, 1.807) is 16.9 Å². The van der Waals surface area contributed by atoms with Crippen LogP contribution in [0, 0.1) is 5.82 Å². The van der Waals surface area contributed by atoms with E-state index in [0.29, 0.717) is 18.9 Å². The van der Waals surface area contributed by atoms with Crippen molar-refractivity contribution in [2.45, 2.75) is 26.4 Å². The molecule has 1 unspecified atom stereocenters. The van der Waals surface area contributed by atoms with E-state index in [-0.39, 0.29) is 11.9 Å². The first-order valence-corrected chi connectivity index (χ1v) is 6.83. The molecule has 1 aromatic carbocycles. The van der Waals surface area contributed by atoms with Crippen molar-refractivity contribution in [1.82, 2.24) is 15.1 Å². The Bertz CT molecular complexity index is 528. The summed E-state index contributed by atoms with van der Waals surface area (Å²) >= 11 is 0. The summed E-state index contributed by atoms with van der Waals surface area (Å²) in [6, 6.07) is 6.55. The molecule has 2 aromatic rings. The van der Waals surface area contributed by atoms with Crippen molar-refractivity contribution >= 4 is 0 Å². The summed E-state index contributed by atoms with van der Waals surface area (Å²) in [7, 11) is 0. The highest BCUT2D eigenvalue weighted by atomic mass is 19.1. The molecule has 0 aliphatic rings. The molecule has 1 heterocycles. The van der Waals surface area contributed by atoms with Gasteiger partial charge in [0.15, 0.2) is 0 Å². The number of aromatic nitrogens is 2. The Hall–Kier alpha value is -1.88. The largest absolute Gasteiger partial charge is 0.491 e. The molecule has 1 aromatic heterocycles. The van der Waals surface area contributed by atoms with Crippen LogP contribution >= 0.6 is 0 Å². The molecule has 4 nitrogen and oxygen atoms in total. The van der Waals surface area contributed by atoms with E-state index in [1.807, 2.05) is 26.1 Å². The van der Waals surface area contributed by atoms with Crippen LogP contribution in [0.2, 0.25) is 0 Å². The molecule has 0 saturated heterocycles. The lowest BCUT2D eigenvalue weighted by atomic mass is 10.1. The highest BCUT2D eigenvalue weighted by molar-refractivity contribution is 5.36. The maximum atomic E-state index is 13.4. The predicted octanol–water partition coefficient (Wildman–Crippen LogP) is 2.77. The molecule has 1 atom stereocenters. The zero-order valence-electron chi connectivity index (χ0n) is 11.8. The van der Waals surface area contributed by atoms with Crippen LogP contribution in [0.5, 0.6) is 5.75 Å². The molecule has 5 heteroatoms. The smallest absolute Gasteiger partial charge is 0.124 e. The third-order valence-electron chi connectivity index (χ3n) is 3.09. The average Bonchev–Trinajstić information content (AvgIpc) is 2.94. The van der Waals surface area contributed by atoms with E-state index in [1.165, 1.54) is 12.1 Å². The Morgan fingerprint density at radius 3 is 3.00 bits per heavy atom. The number of benzene rings is 1. The summed E-state index contributed by atoms with van der Waals surface area (Å²) < 4.78 is 21.0. The van der Waals surface area contributed by atoms with Gasteiger partial charge in [-0.3, -0.25) is 4.68 Å². The SMILES string of the molecule is CCNC(C)c1cc(F)ccc1OCCn1cccn1. The maximum Gasteiger partial charge on any atom is 0.124 e. The van der Waals surface area contributed by atoms with Crippen LogP contribution in [0.3, 0.4) is 0 Å². The third kappa shape index (κ3) is 3.81. The topological polar surface area (TPSA) is 39.1 Å². The lowest BCUT2D eigenvalue weighted by Gasteiger charge is -2.17. The second-order valence-electron chi connectivity index (χ2n) is 4.58. The van der Waals surface area contributed by atoms with Gasteiger partial charge >= 0.3 is 0 Å². The summed E-state index contributed by atoms with van der Waals surface area (Å²) in [5.74, 6) is 0.469. The van der Waals surface area contributed by atoms with E-state index in [0.717, 1.165) is 12.1 Å². The fraction of sp³-hybridized carbons (Fsp3) is 0.400. The van der Waals surface area contributed by atoms with Crippen LogP contribution in [-0.2, 0) is 6.54 Å². The molecule has 2 rings (SSSR count). The number of nitrogens with zero attached hydrogens (tertiary/aromatic N) is 2. The minimum absolute atomic E-state index is 0.0513. The Morgan fingerprint density at radius 2 is 2.30 bits per heavy atom. The van der Waals surface area contributed by atoms with E-state index >= 15 is 0 Å². The first-order valence-electron chi connectivity index (χ1n) is 6.83. The lowest BCUT2D eigenvalue weighted by Crippen LogP contribution is -2.19. The zero-order valence-corrected chi connectivity index (χ0v) is 11.8. The summed E-state index contributed by atoms with van der Waals surface area (Å²) in [5.41, 5.74) is 0.840. The van der Waals surface area contributed by atoms with Gasteiger partial charge in [0.2, 0.25) is 0 Å². The minimum Gasteiger partial charge on any atom is -0.491 e.